The Balaban J connectivity index is 2.73. The predicted octanol–water partition coefficient (Wildman–Crippen LogP) is 0.730. The molecule has 1 aliphatic rings. The molecule has 2 amide bonds. The molecule has 0 radical (unpaired) electrons. The minimum absolute atomic E-state index is 0.613. The topological polar surface area (TPSA) is 55.6 Å². The fraction of sp³-hybridized carbons (Fsp3) is 0.167. The maximum atomic E-state index is 10.5. The summed E-state index contributed by atoms with van der Waals surface area (Å²) in [5, 5.41) is 1.01. The lowest BCUT2D eigenvalue weighted by atomic mass is 10.4. The van der Waals surface area contributed by atoms with Gasteiger partial charge in [0.25, 0.3) is 0 Å². The SMILES string of the molecule is CC1=CC=CON1C(N)=O. The van der Waals surface area contributed by atoms with Crippen LogP contribution in [-0.4, -0.2) is 11.1 Å². The van der Waals surface area contributed by atoms with Crippen molar-refractivity contribution in [3.05, 3.63) is 24.1 Å². The second-order valence-electron chi connectivity index (χ2n) is 1.87. The molecule has 2 N–H and O–H groups in total. The molecule has 10 heavy (non-hydrogen) atoms. The molecule has 0 saturated carbocycles. The van der Waals surface area contributed by atoms with Crippen LogP contribution in [-0.2, 0) is 4.84 Å². The molecule has 54 valence electrons. The van der Waals surface area contributed by atoms with Crippen LogP contribution in [0.25, 0.3) is 0 Å². The van der Waals surface area contributed by atoms with Gasteiger partial charge in [0.15, 0.2) is 0 Å². The quantitative estimate of drug-likeness (QED) is 0.539. The average Bonchev–Trinajstić information content (AvgIpc) is 1.88. The average molecular weight is 140 g/mol. The Labute approximate surface area is 58.5 Å². The van der Waals surface area contributed by atoms with Crippen LogP contribution >= 0.6 is 0 Å². The van der Waals surface area contributed by atoms with Gasteiger partial charge in [0.1, 0.15) is 6.26 Å². The second kappa shape index (κ2) is 2.43. The van der Waals surface area contributed by atoms with E-state index in [0.29, 0.717) is 5.70 Å². The number of carbonyl (C=O) groups excluding carboxylic acids is 1. The highest BCUT2D eigenvalue weighted by atomic mass is 16.7. The van der Waals surface area contributed by atoms with Crippen molar-refractivity contribution >= 4 is 6.03 Å². The fourth-order valence-electron chi connectivity index (χ4n) is 0.651. The number of allylic oxidation sites excluding steroid dienone is 3. The van der Waals surface area contributed by atoms with Crippen molar-refractivity contribution in [2.24, 2.45) is 5.73 Å². The summed E-state index contributed by atoms with van der Waals surface area (Å²) in [6.45, 7) is 1.73. The Kier molecular flexibility index (Phi) is 1.62. The van der Waals surface area contributed by atoms with E-state index in [2.05, 4.69) is 0 Å². The van der Waals surface area contributed by atoms with Crippen molar-refractivity contribution < 1.29 is 9.63 Å². The monoisotopic (exact) mass is 140 g/mol. The molecule has 0 aromatic carbocycles. The number of hydrogen-bond acceptors (Lipinski definition) is 2. The smallest absolute Gasteiger partial charge is 0.352 e. The Hall–Kier alpha value is -1.45. The molecule has 0 unspecified atom stereocenters. The Bertz CT molecular complexity index is 208. The van der Waals surface area contributed by atoms with E-state index in [9.17, 15) is 4.79 Å². The highest BCUT2D eigenvalue weighted by Gasteiger charge is 2.12. The molecular weight excluding hydrogens is 132 g/mol. The number of nitrogens with zero attached hydrogens (tertiary/aromatic N) is 1. The highest BCUT2D eigenvalue weighted by Crippen LogP contribution is 2.08. The van der Waals surface area contributed by atoms with Crippen LogP contribution in [0.2, 0.25) is 0 Å². The normalized spacial score (nSPS) is 16.1. The van der Waals surface area contributed by atoms with E-state index in [1.807, 2.05) is 0 Å². The van der Waals surface area contributed by atoms with Crippen LogP contribution < -0.4 is 5.73 Å². The summed E-state index contributed by atoms with van der Waals surface area (Å²) in [5.41, 5.74) is 5.62. The van der Waals surface area contributed by atoms with Crippen LogP contribution in [0.1, 0.15) is 6.92 Å². The van der Waals surface area contributed by atoms with Gasteiger partial charge in [0.2, 0.25) is 0 Å². The summed E-state index contributed by atoms with van der Waals surface area (Å²) in [6, 6.07) is -0.613. The fourth-order valence-corrected chi connectivity index (χ4v) is 0.651. The molecular formula is C6H8N2O2. The largest absolute Gasteiger partial charge is 0.379 e. The van der Waals surface area contributed by atoms with E-state index in [1.165, 1.54) is 6.26 Å². The first-order chi connectivity index (χ1) is 4.72. The third-order valence-electron chi connectivity index (χ3n) is 1.10. The van der Waals surface area contributed by atoms with Gasteiger partial charge in [0, 0.05) is 0 Å². The van der Waals surface area contributed by atoms with Crippen molar-refractivity contribution in [1.82, 2.24) is 5.06 Å². The highest BCUT2D eigenvalue weighted by molar-refractivity contribution is 5.73. The molecule has 0 aromatic heterocycles. The number of urea groups is 1. The molecule has 0 saturated heterocycles. The van der Waals surface area contributed by atoms with Crippen molar-refractivity contribution in [2.45, 2.75) is 6.92 Å². The number of carbonyl (C=O) groups is 1. The molecule has 4 nitrogen and oxygen atoms in total. The lowest BCUT2D eigenvalue weighted by Crippen LogP contribution is -2.33. The molecule has 0 aromatic rings. The molecule has 1 heterocycles. The Morgan fingerprint density at radius 2 is 2.50 bits per heavy atom. The molecule has 0 aliphatic carbocycles. The van der Waals surface area contributed by atoms with Crippen LogP contribution in [0.15, 0.2) is 24.1 Å². The maximum Gasteiger partial charge on any atom is 0.352 e. The van der Waals surface area contributed by atoms with E-state index in [-0.39, 0.29) is 0 Å². The van der Waals surface area contributed by atoms with E-state index in [1.54, 1.807) is 19.1 Å². The van der Waals surface area contributed by atoms with Crippen LogP contribution in [0.3, 0.4) is 0 Å². The summed E-state index contributed by atoms with van der Waals surface area (Å²) < 4.78 is 0. The van der Waals surface area contributed by atoms with E-state index >= 15 is 0 Å². The Morgan fingerprint density at radius 3 is 2.90 bits per heavy atom. The lowest BCUT2D eigenvalue weighted by molar-refractivity contribution is -0.0257. The number of nitrogens with two attached hydrogens (primary N) is 1. The summed E-state index contributed by atoms with van der Waals surface area (Å²) in [6.07, 6.45) is 4.81. The number of hydrogen-bond donors (Lipinski definition) is 1. The predicted molar refractivity (Wildman–Crippen MR) is 35.4 cm³/mol. The first-order valence-electron chi connectivity index (χ1n) is 2.81. The number of amides is 2. The molecule has 0 fully saturated rings. The summed E-state index contributed by atoms with van der Waals surface area (Å²) in [5.74, 6) is 0. The maximum absolute atomic E-state index is 10.5. The zero-order valence-electron chi connectivity index (χ0n) is 5.57. The molecule has 1 aliphatic heterocycles. The minimum Gasteiger partial charge on any atom is -0.379 e. The number of primary amides is 1. The summed E-state index contributed by atoms with van der Waals surface area (Å²) >= 11 is 0. The van der Waals surface area contributed by atoms with Gasteiger partial charge >= 0.3 is 6.03 Å². The third-order valence-corrected chi connectivity index (χ3v) is 1.10. The Morgan fingerprint density at radius 1 is 1.80 bits per heavy atom. The first-order valence-corrected chi connectivity index (χ1v) is 2.81. The van der Waals surface area contributed by atoms with Crippen LogP contribution in [0.5, 0.6) is 0 Å². The van der Waals surface area contributed by atoms with Crippen molar-refractivity contribution in [3.63, 3.8) is 0 Å². The molecule has 0 bridgehead atoms. The van der Waals surface area contributed by atoms with Gasteiger partial charge in [-0.1, -0.05) is 0 Å². The summed E-state index contributed by atoms with van der Waals surface area (Å²) in [4.78, 5) is 15.3. The number of rotatable bonds is 0. The molecule has 1 rings (SSSR count). The van der Waals surface area contributed by atoms with E-state index in [4.69, 9.17) is 10.6 Å². The lowest BCUT2D eigenvalue weighted by Gasteiger charge is -2.20. The van der Waals surface area contributed by atoms with Crippen LogP contribution in [0.4, 0.5) is 4.79 Å². The zero-order chi connectivity index (χ0) is 7.56. The van der Waals surface area contributed by atoms with Gasteiger partial charge in [0.05, 0.1) is 5.70 Å². The van der Waals surface area contributed by atoms with Gasteiger partial charge in [-0.3, -0.25) is 0 Å². The second-order valence-corrected chi connectivity index (χ2v) is 1.87. The zero-order valence-corrected chi connectivity index (χ0v) is 5.57. The van der Waals surface area contributed by atoms with Gasteiger partial charge in [-0.15, -0.1) is 5.06 Å². The van der Waals surface area contributed by atoms with Crippen molar-refractivity contribution in [3.8, 4) is 0 Å². The van der Waals surface area contributed by atoms with Gasteiger partial charge in [-0.2, -0.15) is 0 Å². The van der Waals surface area contributed by atoms with Gasteiger partial charge in [-0.05, 0) is 19.1 Å². The van der Waals surface area contributed by atoms with Crippen molar-refractivity contribution in [1.29, 1.82) is 0 Å². The molecule has 0 spiro atoms. The van der Waals surface area contributed by atoms with E-state index < -0.39 is 6.03 Å². The first kappa shape index (κ1) is 6.67. The summed E-state index contributed by atoms with van der Waals surface area (Å²) in [7, 11) is 0. The third kappa shape index (κ3) is 1.10. The van der Waals surface area contributed by atoms with Gasteiger partial charge < -0.3 is 10.6 Å². The van der Waals surface area contributed by atoms with Crippen LogP contribution in [0, 0.1) is 0 Å². The standard InChI is InChI=1S/C6H8N2O2/c1-5-3-2-4-10-8(5)6(7)9/h2-4H,1H3,(H2,7,9). The molecule has 0 atom stereocenters. The van der Waals surface area contributed by atoms with Crippen molar-refractivity contribution in [2.75, 3.05) is 0 Å². The minimum atomic E-state index is -0.613. The molecule has 4 heteroatoms. The van der Waals surface area contributed by atoms with E-state index in [0.717, 1.165) is 5.06 Å². The van der Waals surface area contributed by atoms with Gasteiger partial charge in [-0.25, -0.2) is 4.79 Å². The number of hydroxylamine groups is 2.